The number of amides is 1. The Morgan fingerprint density at radius 2 is 1.83 bits per heavy atom. The zero-order valence-electron chi connectivity index (χ0n) is 14.6. The number of benzene rings is 1. The molecule has 0 saturated carbocycles. The molecule has 0 spiro atoms. The van der Waals surface area contributed by atoms with E-state index < -0.39 is 0 Å². The molecule has 1 heterocycles. The maximum Gasteiger partial charge on any atom is 0.225 e. The normalized spacial score (nSPS) is 18.7. The highest BCUT2D eigenvalue weighted by molar-refractivity contribution is 6.31. The second-order valence-corrected chi connectivity index (χ2v) is 7.74. The summed E-state index contributed by atoms with van der Waals surface area (Å²) in [5.41, 5.74) is 0.709. The highest BCUT2D eigenvalue weighted by atomic mass is 35.5. The SMILES string of the molecule is CN1CCN(C(CNC(=O)C(C)(C)C)c2ccccc2Cl)CC1. The Labute approximate surface area is 144 Å². The molecule has 0 bridgehead atoms. The van der Waals surface area contributed by atoms with Crippen LogP contribution in [-0.2, 0) is 4.79 Å². The molecule has 0 aliphatic carbocycles. The Hall–Kier alpha value is -1.10. The molecule has 1 amide bonds. The number of nitrogens with zero attached hydrogens (tertiary/aromatic N) is 2. The fraction of sp³-hybridized carbons (Fsp3) is 0.611. The van der Waals surface area contributed by atoms with Crippen LogP contribution >= 0.6 is 11.6 Å². The van der Waals surface area contributed by atoms with Crippen molar-refractivity contribution in [1.29, 1.82) is 0 Å². The van der Waals surface area contributed by atoms with E-state index >= 15 is 0 Å². The monoisotopic (exact) mass is 337 g/mol. The molecule has 128 valence electrons. The zero-order chi connectivity index (χ0) is 17.0. The quantitative estimate of drug-likeness (QED) is 0.917. The molecule has 1 aliphatic heterocycles. The number of halogens is 1. The summed E-state index contributed by atoms with van der Waals surface area (Å²) >= 11 is 6.42. The highest BCUT2D eigenvalue weighted by Gasteiger charge is 2.28. The molecule has 0 aromatic heterocycles. The van der Waals surface area contributed by atoms with Crippen LogP contribution in [0.5, 0.6) is 0 Å². The molecule has 23 heavy (non-hydrogen) atoms. The summed E-state index contributed by atoms with van der Waals surface area (Å²) in [4.78, 5) is 17.0. The number of carbonyl (C=O) groups is 1. The van der Waals surface area contributed by atoms with Crippen molar-refractivity contribution in [2.45, 2.75) is 26.8 Å². The van der Waals surface area contributed by atoms with Crippen molar-refractivity contribution in [3.8, 4) is 0 Å². The third-order valence-corrected chi connectivity index (χ3v) is 4.72. The molecule has 4 nitrogen and oxygen atoms in total. The van der Waals surface area contributed by atoms with Crippen molar-refractivity contribution in [1.82, 2.24) is 15.1 Å². The first kappa shape index (κ1) is 18.2. The minimum atomic E-state index is -0.382. The molecule has 1 aromatic carbocycles. The Balaban J connectivity index is 2.15. The molecule has 2 rings (SSSR count). The van der Waals surface area contributed by atoms with E-state index in [2.05, 4.69) is 28.2 Å². The molecule has 0 radical (unpaired) electrons. The van der Waals surface area contributed by atoms with Crippen molar-refractivity contribution >= 4 is 17.5 Å². The van der Waals surface area contributed by atoms with Crippen LogP contribution in [-0.4, -0.2) is 55.5 Å². The number of nitrogens with one attached hydrogen (secondary N) is 1. The highest BCUT2D eigenvalue weighted by Crippen LogP contribution is 2.28. The summed E-state index contributed by atoms with van der Waals surface area (Å²) in [6.45, 7) is 10.4. The smallest absolute Gasteiger partial charge is 0.225 e. The average molecular weight is 338 g/mol. The molecular weight excluding hydrogens is 310 g/mol. The number of rotatable bonds is 4. The van der Waals surface area contributed by atoms with Gasteiger partial charge in [0.15, 0.2) is 0 Å². The van der Waals surface area contributed by atoms with Crippen molar-refractivity contribution in [3.63, 3.8) is 0 Å². The summed E-state index contributed by atoms with van der Waals surface area (Å²) in [7, 11) is 2.14. The Kier molecular flexibility index (Phi) is 6.06. The van der Waals surface area contributed by atoms with Crippen LogP contribution in [0.3, 0.4) is 0 Å². The minimum absolute atomic E-state index is 0.0729. The Morgan fingerprint density at radius 3 is 2.39 bits per heavy atom. The molecule has 1 unspecified atom stereocenters. The van der Waals surface area contributed by atoms with Crippen molar-refractivity contribution < 1.29 is 4.79 Å². The number of hydrogen-bond donors (Lipinski definition) is 1. The summed E-state index contributed by atoms with van der Waals surface area (Å²) in [5.74, 6) is 0.0729. The van der Waals surface area contributed by atoms with Crippen molar-refractivity contribution in [2.75, 3.05) is 39.8 Å². The second-order valence-electron chi connectivity index (χ2n) is 7.34. The van der Waals surface area contributed by atoms with Gasteiger partial charge in [-0.25, -0.2) is 0 Å². The van der Waals surface area contributed by atoms with Gasteiger partial charge in [-0.1, -0.05) is 50.6 Å². The molecule has 1 saturated heterocycles. The molecule has 1 aliphatic rings. The van der Waals surface area contributed by atoms with Gasteiger partial charge < -0.3 is 10.2 Å². The lowest BCUT2D eigenvalue weighted by Crippen LogP contribution is -2.49. The number of carbonyl (C=O) groups excluding carboxylic acids is 1. The van der Waals surface area contributed by atoms with Gasteiger partial charge in [-0.15, -0.1) is 0 Å². The van der Waals surface area contributed by atoms with Gasteiger partial charge in [0, 0.05) is 43.2 Å². The van der Waals surface area contributed by atoms with Gasteiger partial charge in [0.25, 0.3) is 0 Å². The van der Waals surface area contributed by atoms with Gasteiger partial charge >= 0.3 is 0 Å². The lowest BCUT2D eigenvalue weighted by atomic mass is 9.95. The van der Waals surface area contributed by atoms with Crippen LogP contribution in [0, 0.1) is 5.41 Å². The number of hydrogen-bond acceptors (Lipinski definition) is 3. The van der Waals surface area contributed by atoms with Gasteiger partial charge in [0.05, 0.1) is 6.04 Å². The van der Waals surface area contributed by atoms with Gasteiger partial charge in [0.2, 0.25) is 5.91 Å². The molecule has 1 atom stereocenters. The van der Waals surface area contributed by atoms with Crippen LogP contribution in [0.15, 0.2) is 24.3 Å². The van der Waals surface area contributed by atoms with Gasteiger partial charge in [-0.2, -0.15) is 0 Å². The summed E-state index contributed by atoms with van der Waals surface area (Å²) in [6.07, 6.45) is 0. The first-order valence-electron chi connectivity index (χ1n) is 8.24. The van der Waals surface area contributed by atoms with E-state index in [0.29, 0.717) is 6.54 Å². The van der Waals surface area contributed by atoms with E-state index in [1.54, 1.807) is 0 Å². The van der Waals surface area contributed by atoms with Crippen LogP contribution in [0.2, 0.25) is 5.02 Å². The minimum Gasteiger partial charge on any atom is -0.354 e. The number of piperazine rings is 1. The summed E-state index contributed by atoms with van der Waals surface area (Å²) in [6, 6.07) is 8.06. The maximum absolute atomic E-state index is 12.2. The van der Waals surface area contributed by atoms with Crippen molar-refractivity contribution in [2.24, 2.45) is 5.41 Å². The first-order chi connectivity index (χ1) is 10.8. The van der Waals surface area contributed by atoms with E-state index in [1.165, 1.54) is 0 Å². The third kappa shape index (κ3) is 4.93. The zero-order valence-corrected chi connectivity index (χ0v) is 15.4. The largest absolute Gasteiger partial charge is 0.354 e. The standard InChI is InChI=1S/C18H28ClN3O/c1-18(2,3)17(23)20-13-16(14-7-5-6-8-15(14)19)22-11-9-21(4)10-12-22/h5-8,16H,9-13H2,1-4H3,(H,20,23). The van der Waals surface area contributed by atoms with Gasteiger partial charge in [-0.05, 0) is 18.7 Å². The van der Waals surface area contributed by atoms with E-state index in [1.807, 2.05) is 39.0 Å². The van der Waals surface area contributed by atoms with Crippen LogP contribution in [0.25, 0.3) is 0 Å². The van der Waals surface area contributed by atoms with Gasteiger partial charge in [0.1, 0.15) is 0 Å². The maximum atomic E-state index is 12.2. The lowest BCUT2D eigenvalue weighted by Gasteiger charge is -2.38. The van der Waals surface area contributed by atoms with E-state index in [9.17, 15) is 4.79 Å². The second kappa shape index (κ2) is 7.65. The van der Waals surface area contributed by atoms with E-state index in [4.69, 9.17) is 11.6 Å². The topological polar surface area (TPSA) is 35.6 Å². The van der Waals surface area contributed by atoms with Crippen molar-refractivity contribution in [3.05, 3.63) is 34.9 Å². The van der Waals surface area contributed by atoms with Crippen LogP contribution in [0.1, 0.15) is 32.4 Å². The molecule has 5 heteroatoms. The molecular formula is C18H28ClN3O. The molecule has 1 N–H and O–H groups in total. The summed E-state index contributed by atoms with van der Waals surface area (Å²) in [5, 5.41) is 3.87. The predicted octanol–water partition coefficient (Wildman–Crippen LogP) is 2.79. The fourth-order valence-corrected chi connectivity index (χ4v) is 3.03. The van der Waals surface area contributed by atoms with E-state index in [0.717, 1.165) is 36.8 Å². The number of likely N-dealkylation sites (N-methyl/N-ethyl adjacent to an activating group) is 1. The lowest BCUT2D eigenvalue weighted by molar-refractivity contribution is -0.128. The molecule has 1 aromatic rings. The fourth-order valence-electron chi connectivity index (χ4n) is 2.77. The summed E-state index contributed by atoms with van der Waals surface area (Å²) < 4.78 is 0. The first-order valence-corrected chi connectivity index (χ1v) is 8.62. The van der Waals surface area contributed by atoms with Gasteiger partial charge in [-0.3, -0.25) is 9.69 Å². The van der Waals surface area contributed by atoms with E-state index in [-0.39, 0.29) is 17.4 Å². The Bertz CT molecular complexity index is 533. The average Bonchev–Trinajstić information content (AvgIpc) is 2.49. The van der Waals surface area contributed by atoms with Crippen LogP contribution in [0.4, 0.5) is 0 Å². The third-order valence-electron chi connectivity index (χ3n) is 4.38. The predicted molar refractivity (Wildman–Crippen MR) is 95.7 cm³/mol. The van der Waals surface area contributed by atoms with Crippen LogP contribution < -0.4 is 5.32 Å². The Morgan fingerprint density at radius 1 is 1.22 bits per heavy atom. The molecule has 1 fully saturated rings.